The largest absolute Gasteiger partial charge is 0.480 e. The molecule has 5 heterocycles. The van der Waals surface area contributed by atoms with E-state index < -0.39 is 0 Å². The Kier molecular flexibility index (Phi) is 4.46. The van der Waals surface area contributed by atoms with E-state index in [1.54, 1.807) is 7.11 Å². The number of aromatic amines is 1. The van der Waals surface area contributed by atoms with E-state index in [1.165, 1.54) is 5.57 Å². The van der Waals surface area contributed by atoms with E-state index in [1.807, 2.05) is 23.1 Å². The standard InChI is InChI=1S/C22H26N6O3/c1-29-20-18-17(14-5-9-28-16(12-14)4-8-24-28)13-23-19(18)26-21(27-20)25-15-2-6-22(7-3-15)30-10-11-31-22/h4,8,12-13,15H,2-3,5-7,9-11H2,1H3,(H2,23,25,26,27). The second-order valence-corrected chi connectivity index (χ2v) is 8.41. The predicted octanol–water partition coefficient (Wildman–Crippen LogP) is 3.20. The fourth-order valence-corrected chi connectivity index (χ4v) is 4.98. The molecule has 162 valence electrons. The van der Waals surface area contributed by atoms with Gasteiger partial charge in [0.15, 0.2) is 5.79 Å². The number of hydrogen-bond acceptors (Lipinski definition) is 7. The third kappa shape index (κ3) is 3.28. The molecule has 0 atom stereocenters. The summed E-state index contributed by atoms with van der Waals surface area (Å²) in [5, 5.41) is 8.76. The minimum absolute atomic E-state index is 0.288. The summed E-state index contributed by atoms with van der Waals surface area (Å²) in [6, 6.07) is 2.32. The summed E-state index contributed by atoms with van der Waals surface area (Å²) in [6.45, 7) is 2.26. The first-order valence-corrected chi connectivity index (χ1v) is 10.9. The molecule has 1 saturated heterocycles. The molecule has 0 radical (unpaired) electrons. The second-order valence-electron chi connectivity index (χ2n) is 8.41. The molecule has 6 rings (SSSR count). The quantitative estimate of drug-likeness (QED) is 0.666. The number of aryl methyl sites for hydroxylation is 1. The van der Waals surface area contributed by atoms with Gasteiger partial charge in [0.05, 0.1) is 31.4 Å². The molecule has 1 spiro atoms. The lowest BCUT2D eigenvalue weighted by Gasteiger charge is -2.35. The third-order valence-corrected chi connectivity index (χ3v) is 6.60. The lowest BCUT2D eigenvalue weighted by Crippen LogP contribution is -2.39. The minimum atomic E-state index is -0.363. The molecule has 9 nitrogen and oxygen atoms in total. The predicted molar refractivity (Wildman–Crippen MR) is 116 cm³/mol. The van der Waals surface area contributed by atoms with Crippen molar-refractivity contribution in [1.29, 1.82) is 0 Å². The maximum atomic E-state index is 5.83. The molecule has 9 heteroatoms. The molecular formula is C22H26N6O3. The van der Waals surface area contributed by atoms with Gasteiger partial charge < -0.3 is 24.5 Å². The van der Waals surface area contributed by atoms with E-state index in [0.29, 0.717) is 25.0 Å². The van der Waals surface area contributed by atoms with Gasteiger partial charge in [-0.3, -0.25) is 4.68 Å². The number of nitrogens with zero attached hydrogens (tertiary/aromatic N) is 4. The van der Waals surface area contributed by atoms with E-state index in [2.05, 4.69) is 21.5 Å². The van der Waals surface area contributed by atoms with Crippen LogP contribution in [-0.2, 0) is 16.0 Å². The fraction of sp³-hybridized carbons (Fsp3) is 0.500. The Hall–Kier alpha value is -2.91. The molecule has 1 saturated carbocycles. The van der Waals surface area contributed by atoms with E-state index >= 15 is 0 Å². The summed E-state index contributed by atoms with van der Waals surface area (Å²) >= 11 is 0. The van der Waals surface area contributed by atoms with E-state index in [0.717, 1.165) is 60.9 Å². The van der Waals surface area contributed by atoms with Crippen molar-refractivity contribution < 1.29 is 14.2 Å². The van der Waals surface area contributed by atoms with Crippen molar-refractivity contribution in [1.82, 2.24) is 24.7 Å². The van der Waals surface area contributed by atoms with E-state index in [4.69, 9.17) is 24.2 Å². The number of allylic oxidation sites excluding steroid dienone is 1. The number of aromatic nitrogens is 5. The highest BCUT2D eigenvalue weighted by Gasteiger charge is 2.40. The molecule has 2 N–H and O–H groups in total. The van der Waals surface area contributed by atoms with Crippen LogP contribution in [0.2, 0.25) is 0 Å². The van der Waals surface area contributed by atoms with Crippen molar-refractivity contribution in [2.24, 2.45) is 0 Å². The van der Waals surface area contributed by atoms with Crippen LogP contribution in [0.5, 0.6) is 5.88 Å². The molecule has 1 aliphatic carbocycles. The van der Waals surface area contributed by atoms with Crippen molar-refractivity contribution in [3.63, 3.8) is 0 Å². The molecule has 3 aromatic heterocycles. The number of fused-ring (bicyclic) bond motifs is 2. The van der Waals surface area contributed by atoms with Gasteiger partial charge >= 0.3 is 0 Å². The number of ether oxygens (including phenoxy) is 3. The molecule has 2 fully saturated rings. The third-order valence-electron chi connectivity index (χ3n) is 6.60. The second kappa shape index (κ2) is 7.35. The van der Waals surface area contributed by atoms with Gasteiger partial charge in [0.25, 0.3) is 0 Å². The SMILES string of the molecule is COc1nc(NC2CCC3(CC2)OCCO3)nc2[nH]cc(C3=Cc4ccnn4CC3)c12. The Morgan fingerprint density at radius 3 is 2.87 bits per heavy atom. The van der Waals surface area contributed by atoms with Gasteiger partial charge in [-0.2, -0.15) is 15.1 Å². The van der Waals surface area contributed by atoms with Crippen LogP contribution in [0, 0.1) is 0 Å². The summed E-state index contributed by atoms with van der Waals surface area (Å²) in [6.07, 6.45) is 10.6. The first kappa shape index (κ1) is 18.8. The van der Waals surface area contributed by atoms with Gasteiger partial charge in [-0.1, -0.05) is 0 Å². The van der Waals surface area contributed by atoms with Crippen LogP contribution in [0.4, 0.5) is 5.95 Å². The number of rotatable bonds is 4. The van der Waals surface area contributed by atoms with Gasteiger partial charge in [-0.05, 0) is 37.0 Å². The zero-order valence-corrected chi connectivity index (χ0v) is 17.6. The number of hydrogen-bond donors (Lipinski definition) is 2. The summed E-state index contributed by atoms with van der Waals surface area (Å²) in [5.41, 5.74) is 4.20. The van der Waals surface area contributed by atoms with Crippen molar-refractivity contribution >= 4 is 28.6 Å². The molecule has 31 heavy (non-hydrogen) atoms. The van der Waals surface area contributed by atoms with E-state index in [9.17, 15) is 0 Å². The highest BCUT2D eigenvalue weighted by Crippen LogP contribution is 2.38. The average Bonchev–Trinajstić information content (AvgIpc) is 3.54. The van der Waals surface area contributed by atoms with Crippen molar-refractivity contribution in [2.45, 2.75) is 50.5 Å². The van der Waals surface area contributed by atoms with Crippen LogP contribution in [0.25, 0.3) is 22.7 Å². The number of anilines is 1. The monoisotopic (exact) mass is 422 g/mol. The normalized spacial score (nSPS) is 20.7. The van der Waals surface area contributed by atoms with Crippen LogP contribution in [-0.4, -0.2) is 56.9 Å². The Morgan fingerprint density at radius 1 is 1.23 bits per heavy atom. The molecule has 2 aliphatic heterocycles. The van der Waals surface area contributed by atoms with Crippen LogP contribution >= 0.6 is 0 Å². The maximum absolute atomic E-state index is 5.83. The summed E-state index contributed by atoms with van der Waals surface area (Å²) in [5.74, 6) is 0.805. The van der Waals surface area contributed by atoms with Crippen LogP contribution in [0.3, 0.4) is 0 Å². The Morgan fingerprint density at radius 2 is 2.06 bits per heavy atom. The lowest BCUT2D eigenvalue weighted by atomic mass is 9.90. The molecule has 0 aromatic carbocycles. The molecule has 0 amide bonds. The maximum Gasteiger partial charge on any atom is 0.228 e. The van der Waals surface area contributed by atoms with Gasteiger partial charge in [-0.25, -0.2) is 0 Å². The Balaban J connectivity index is 1.26. The van der Waals surface area contributed by atoms with Crippen LogP contribution < -0.4 is 10.1 Å². The molecular weight excluding hydrogens is 396 g/mol. The highest BCUT2D eigenvalue weighted by molar-refractivity contribution is 5.98. The van der Waals surface area contributed by atoms with Gasteiger partial charge in [0, 0.05) is 43.4 Å². The molecule has 0 bridgehead atoms. The topological polar surface area (TPSA) is 99.1 Å². The van der Waals surface area contributed by atoms with Crippen LogP contribution in [0.15, 0.2) is 18.5 Å². The molecule has 3 aliphatic rings. The number of H-pyrrole nitrogens is 1. The molecule has 0 unspecified atom stereocenters. The Labute approximate surface area is 179 Å². The average molecular weight is 422 g/mol. The molecule has 3 aromatic rings. The van der Waals surface area contributed by atoms with Crippen LogP contribution in [0.1, 0.15) is 43.4 Å². The zero-order valence-electron chi connectivity index (χ0n) is 17.6. The van der Waals surface area contributed by atoms with Gasteiger partial charge in [-0.15, -0.1) is 0 Å². The zero-order chi connectivity index (χ0) is 20.8. The fourth-order valence-electron chi connectivity index (χ4n) is 4.98. The summed E-state index contributed by atoms with van der Waals surface area (Å²) in [7, 11) is 1.66. The first-order valence-electron chi connectivity index (χ1n) is 10.9. The first-order chi connectivity index (χ1) is 15.2. The number of methoxy groups -OCH3 is 1. The number of nitrogens with one attached hydrogen (secondary N) is 2. The van der Waals surface area contributed by atoms with Gasteiger partial charge in [0.1, 0.15) is 5.65 Å². The summed E-state index contributed by atoms with van der Waals surface area (Å²) < 4.78 is 19.4. The van der Waals surface area contributed by atoms with Crippen molar-refractivity contribution in [3.05, 3.63) is 29.7 Å². The van der Waals surface area contributed by atoms with Gasteiger partial charge in [0.2, 0.25) is 11.8 Å². The minimum Gasteiger partial charge on any atom is -0.480 e. The van der Waals surface area contributed by atoms with Crippen molar-refractivity contribution in [3.8, 4) is 5.88 Å². The van der Waals surface area contributed by atoms with Crippen molar-refractivity contribution in [2.75, 3.05) is 25.6 Å². The Bertz CT molecular complexity index is 1130. The lowest BCUT2D eigenvalue weighted by molar-refractivity contribution is -0.177. The highest BCUT2D eigenvalue weighted by atomic mass is 16.7. The smallest absolute Gasteiger partial charge is 0.228 e. The summed E-state index contributed by atoms with van der Waals surface area (Å²) in [4.78, 5) is 12.8. The van der Waals surface area contributed by atoms with E-state index in [-0.39, 0.29) is 11.8 Å².